The van der Waals surface area contributed by atoms with Crippen LogP contribution in [-0.4, -0.2) is 44.3 Å². The van der Waals surface area contributed by atoms with Crippen molar-refractivity contribution in [3.05, 3.63) is 77.2 Å². The zero-order valence-electron chi connectivity index (χ0n) is 17.1. The van der Waals surface area contributed by atoms with Crippen molar-refractivity contribution in [1.82, 2.24) is 19.5 Å². The molecule has 6 nitrogen and oxygen atoms in total. The van der Waals surface area contributed by atoms with E-state index in [1.54, 1.807) is 34.1 Å². The number of amides is 1. The average molecular weight is 410 g/mol. The van der Waals surface area contributed by atoms with Crippen molar-refractivity contribution in [2.45, 2.75) is 25.7 Å². The van der Waals surface area contributed by atoms with Gasteiger partial charge >= 0.3 is 0 Å². The van der Waals surface area contributed by atoms with Crippen LogP contribution in [-0.2, 0) is 12.8 Å². The van der Waals surface area contributed by atoms with Crippen LogP contribution in [0, 0.1) is 5.92 Å². The molecule has 0 bridgehead atoms. The van der Waals surface area contributed by atoms with Gasteiger partial charge in [-0.3, -0.25) is 9.59 Å². The zero-order chi connectivity index (χ0) is 20.9. The number of hydrogen-bond acceptors (Lipinski definition) is 4. The van der Waals surface area contributed by atoms with Crippen LogP contribution >= 0.6 is 0 Å². The molecule has 2 aromatic heterocycles. The molecule has 4 aromatic rings. The van der Waals surface area contributed by atoms with E-state index in [-0.39, 0.29) is 17.6 Å². The van der Waals surface area contributed by atoms with E-state index in [1.807, 2.05) is 6.07 Å². The molecule has 0 spiro atoms. The Labute approximate surface area is 179 Å². The van der Waals surface area contributed by atoms with Crippen LogP contribution in [0.3, 0.4) is 0 Å². The van der Waals surface area contributed by atoms with E-state index in [0.29, 0.717) is 24.3 Å². The first-order chi connectivity index (χ1) is 15.2. The molecule has 0 radical (unpaired) electrons. The number of ketones is 1. The number of hydrogen-bond donors (Lipinski definition) is 0. The Balaban J connectivity index is 1.30. The molecule has 1 aliphatic heterocycles. The lowest BCUT2D eigenvalue weighted by molar-refractivity contribution is 0.0639. The van der Waals surface area contributed by atoms with Gasteiger partial charge in [0.05, 0.1) is 6.20 Å². The highest BCUT2D eigenvalue weighted by molar-refractivity contribution is 6.11. The highest BCUT2D eigenvalue weighted by Gasteiger charge is 2.32. The second-order valence-corrected chi connectivity index (χ2v) is 8.51. The lowest BCUT2D eigenvalue weighted by Gasteiger charge is -2.32. The lowest BCUT2D eigenvalue weighted by atomic mass is 9.87. The predicted molar refractivity (Wildman–Crippen MR) is 117 cm³/mol. The van der Waals surface area contributed by atoms with Crippen molar-refractivity contribution in [2.75, 3.05) is 13.1 Å². The summed E-state index contributed by atoms with van der Waals surface area (Å²) in [5.41, 5.74) is 4.50. The molecule has 2 aliphatic rings. The summed E-state index contributed by atoms with van der Waals surface area (Å²) in [6.45, 7) is 1.08. The van der Waals surface area contributed by atoms with Crippen molar-refractivity contribution in [2.24, 2.45) is 5.92 Å². The molecule has 1 amide bonds. The van der Waals surface area contributed by atoms with Crippen LogP contribution in [0.4, 0.5) is 0 Å². The molecule has 0 saturated carbocycles. The molecule has 0 N–H and O–H groups in total. The molecule has 1 aliphatic carbocycles. The quantitative estimate of drug-likeness (QED) is 0.483. The zero-order valence-corrected chi connectivity index (χ0v) is 17.1. The summed E-state index contributed by atoms with van der Waals surface area (Å²) in [5.74, 6) is -0.149. The SMILES string of the molecule is O=C(c1ccc2c3c(cccc13)CC2)C1CCCN(C(=O)c2cnn3cccnc23)C1. The monoisotopic (exact) mass is 410 g/mol. The summed E-state index contributed by atoms with van der Waals surface area (Å²) in [4.78, 5) is 32.9. The molecule has 1 atom stereocenters. The van der Waals surface area contributed by atoms with Gasteiger partial charge in [0, 0.05) is 37.0 Å². The van der Waals surface area contributed by atoms with Crippen LogP contribution in [0.5, 0.6) is 0 Å². The summed E-state index contributed by atoms with van der Waals surface area (Å²) < 4.78 is 1.60. The maximum atomic E-state index is 13.6. The number of Topliss-reactive ketones (excluding diaryl/α,β-unsaturated/α-hetero) is 1. The molecule has 2 aromatic carbocycles. The molecular formula is C25H22N4O2. The van der Waals surface area contributed by atoms with Crippen LogP contribution in [0.2, 0.25) is 0 Å². The smallest absolute Gasteiger partial charge is 0.259 e. The molecule has 3 heterocycles. The fraction of sp³-hybridized carbons (Fsp3) is 0.280. The molecule has 1 fully saturated rings. The van der Waals surface area contributed by atoms with E-state index in [9.17, 15) is 9.59 Å². The number of rotatable bonds is 3. The number of aryl methyl sites for hydroxylation is 2. The van der Waals surface area contributed by atoms with E-state index in [1.165, 1.54) is 16.5 Å². The Bertz CT molecular complexity index is 1350. The minimum Gasteiger partial charge on any atom is -0.338 e. The van der Waals surface area contributed by atoms with Crippen LogP contribution in [0.25, 0.3) is 16.4 Å². The number of carbonyl (C=O) groups excluding carboxylic acids is 2. The highest BCUT2D eigenvalue weighted by atomic mass is 16.2. The molecule has 1 saturated heterocycles. The number of benzene rings is 2. The van der Waals surface area contributed by atoms with Crippen molar-refractivity contribution in [1.29, 1.82) is 0 Å². The molecule has 1 unspecified atom stereocenters. The molecule has 154 valence electrons. The summed E-state index contributed by atoms with van der Waals surface area (Å²) in [6.07, 6.45) is 8.71. The number of likely N-dealkylation sites (tertiary alicyclic amines) is 1. The maximum Gasteiger partial charge on any atom is 0.259 e. The minimum absolute atomic E-state index is 0.105. The van der Waals surface area contributed by atoms with Gasteiger partial charge in [-0.1, -0.05) is 30.3 Å². The second kappa shape index (κ2) is 7.01. The number of fused-ring (bicyclic) bond motifs is 1. The van der Waals surface area contributed by atoms with Gasteiger partial charge < -0.3 is 4.90 Å². The van der Waals surface area contributed by atoms with Crippen molar-refractivity contribution in [3.8, 4) is 0 Å². The van der Waals surface area contributed by atoms with Gasteiger partial charge in [-0.25, -0.2) is 9.50 Å². The van der Waals surface area contributed by atoms with Crippen molar-refractivity contribution >= 4 is 28.1 Å². The van der Waals surface area contributed by atoms with Crippen LogP contribution in [0.1, 0.15) is 44.7 Å². The van der Waals surface area contributed by atoms with Gasteiger partial charge in [0.2, 0.25) is 0 Å². The van der Waals surface area contributed by atoms with E-state index in [2.05, 4.69) is 34.3 Å². The first-order valence-corrected chi connectivity index (χ1v) is 10.9. The van der Waals surface area contributed by atoms with E-state index in [4.69, 9.17) is 0 Å². The third-order valence-electron chi connectivity index (χ3n) is 6.73. The van der Waals surface area contributed by atoms with Gasteiger partial charge in [0.15, 0.2) is 11.4 Å². The Kier molecular flexibility index (Phi) is 4.13. The van der Waals surface area contributed by atoms with Crippen LogP contribution in [0.15, 0.2) is 55.0 Å². The Morgan fingerprint density at radius 2 is 1.87 bits per heavy atom. The fourth-order valence-electron chi connectivity index (χ4n) is 5.21. The second-order valence-electron chi connectivity index (χ2n) is 8.51. The summed E-state index contributed by atoms with van der Waals surface area (Å²) >= 11 is 0. The standard InChI is InChI=1S/C25H22N4O2/c30-23(20-10-9-17-8-7-16-4-1-6-19(20)22(16)17)18-5-2-12-28(15-18)25(31)21-14-27-29-13-3-11-26-24(21)29/h1,3-4,6,9-11,13-14,18H,2,5,7-8,12,15H2. The van der Waals surface area contributed by atoms with Gasteiger partial charge in [-0.05, 0) is 53.6 Å². The van der Waals surface area contributed by atoms with Gasteiger partial charge in [0.25, 0.3) is 5.91 Å². The number of nitrogens with zero attached hydrogens (tertiary/aromatic N) is 4. The minimum atomic E-state index is -0.189. The van der Waals surface area contributed by atoms with E-state index in [0.717, 1.165) is 36.6 Å². The first-order valence-electron chi connectivity index (χ1n) is 10.9. The number of carbonyl (C=O) groups is 2. The predicted octanol–water partition coefficient (Wildman–Crippen LogP) is 3.72. The van der Waals surface area contributed by atoms with Crippen molar-refractivity contribution < 1.29 is 9.59 Å². The molecule has 6 rings (SSSR count). The van der Waals surface area contributed by atoms with Gasteiger partial charge in [-0.15, -0.1) is 0 Å². The first kappa shape index (κ1) is 18.2. The fourth-order valence-corrected chi connectivity index (χ4v) is 5.21. The molecular weight excluding hydrogens is 388 g/mol. The largest absolute Gasteiger partial charge is 0.338 e. The highest BCUT2D eigenvalue weighted by Crippen LogP contribution is 2.34. The normalized spacial score (nSPS) is 18.1. The summed E-state index contributed by atoms with van der Waals surface area (Å²) in [7, 11) is 0. The Hall–Kier alpha value is -3.54. The third kappa shape index (κ3) is 2.86. The molecule has 31 heavy (non-hydrogen) atoms. The van der Waals surface area contributed by atoms with E-state index >= 15 is 0 Å². The Morgan fingerprint density at radius 1 is 1.00 bits per heavy atom. The van der Waals surface area contributed by atoms with Gasteiger partial charge in [0.1, 0.15) is 5.56 Å². The van der Waals surface area contributed by atoms with Crippen LogP contribution < -0.4 is 0 Å². The van der Waals surface area contributed by atoms with E-state index < -0.39 is 0 Å². The number of aromatic nitrogens is 3. The number of piperidine rings is 1. The van der Waals surface area contributed by atoms with Gasteiger partial charge in [-0.2, -0.15) is 5.10 Å². The summed E-state index contributed by atoms with van der Waals surface area (Å²) in [5, 5.41) is 6.55. The lowest BCUT2D eigenvalue weighted by Crippen LogP contribution is -2.42. The van der Waals surface area contributed by atoms with Crippen molar-refractivity contribution in [3.63, 3.8) is 0 Å². The molecule has 6 heteroatoms. The summed E-state index contributed by atoms with van der Waals surface area (Å²) in [6, 6.07) is 12.2. The third-order valence-corrected chi connectivity index (χ3v) is 6.73. The Morgan fingerprint density at radius 3 is 2.77 bits per heavy atom. The maximum absolute atomic E-state index is 13.6. The topological polar surface area (TPSA) is 67.6 Å². The average Bonchev–Trinajstić information content (AvgIpc) is 3.44.